The Bertz CT molecular complexity index is 6820. The van der Waals surface area contributed by atoms with Crippen molar-refractivity contribution >= 4 is 131 Å². The van der Waals surface area contributed by atoms with Crippen molar-refractivity contribution in [3.05, 3.63) is 338 Å². The first kappa shape index (κ1) is 60.9. The van der Waals surface area contributed by atoms with Crippen LogP contribution in [0.3, 0.4) is 0 Å². The van der Waals surface area contributed by atoms with Gasteiger partial charge in [-0.05, 0) is 163 Å². The number of aromatic nitrogens is 6. The molecule has 7 nitrogen and oxygen atoms in total. The number of hydrogen-bond donors (Lipinski definition) is 0. The van der Waals surface area contributed by atoms with Crippen molar-refractivity contribution in [3.8, 4) is 62.4 Å². The SMILES string of the molecule is N#Cc1cccc(-n2c3ccc(-n4c5ccccc5c5ccccc54)cc3c3cc(-n4c5ccccc5c5ccccc54)ccc32)c1-c1cc(-c2c(C(F)(F)F)cccc2C(F)(F)F)ccc1-n1c2ccc(-n3c4ccccc4c4ccccc43)cc2c2cc(-n3c4ccccc4c4ccccc43)ccc21. The van der Waals surface area contributed by atoms with Crippen molar-refractivity contribution in [2.24, 2.45) is 0 Å². The van der Waals surface area contributed by atoms with Crippen LogP contribution < -0.4 is 0 Å². The summed E-state index contributed by atoms with van der Waals surface area (Å²) < 4.78 is 108. The van der Waals surface area contributed by atoms with E-state index in [2.05, 4.69) is 191 Å². The predicted octanol–water partition coefficient (Wildman–Crippen LogP) is 25.5. The zero-order valence-electron chi connectivity index (χ0n) is 56.0. The summed E-state index contributed by atoms with van der Waals surface area (Å²) in [4.78, 5) is 0. The smallest absolute Gasteiger partial charge is 0.309 e. The first-order chi connectivity index (χ1) is 51.9. The number of para-hydroxylation sites is 8. The average Bonchev–Trinajstić information content (AvgIpc) is 1.54. The van der Waals surface area contributed by atoms with Gasteiger partial charge in [-0.3, -0.25) is 0 Å². The zero-order chi connectivity index (χ0) is 71.0. The topological polar surface area (TPSA) is 53.4 Å². The highest BCUT2D eigenvalue weighted by molar-refractivity contribution is 6.18. The molecule has 0 saturated carbocycles. The molecule has 15 aromatic carbocycles. The Morgan fingerprint density at radius 2 is 0.500 bits per heavy atom. The molecule has 6 aromatic heterocycles. The minimum Gasteiger partial charge on any atom is -0.309 e. The van der Waals surface area contributed by atoms with E-state index in [0.717, 1.165) is 149 Å². The van der Waals surface area contributed by atoms with Crippen molar-refractivity contribution in [2.45, 2.75) is 12.4 Å². The molecule has 21 rings (SSSR count). The Kier molecular flexibility index (Phi) is 13.0. The molecular formula is C93H53F6N7. The van der Waals surface area contributed by atoms with Gasteiger partial charge in [-0.1, -0.05) is 164 Å². The van der Waals surface area contributed by atoms with E-state index in [0.29, 0.717) is 34.5 Å². The summed E-state index contributed by atoms with van der Waals surface area (Å²) in [6, 6.07) is 106. The number of halogens is 6. The summed E-state index contributed by atoms with van der Waals surface area (Å²) in [5, 5.41) is 23.8. The van der Waals surface area contributed by atoms with Gasteiger partial charge in [0.15, 0.2) is 0 Å². The highest BCUT2D eigenvalue weighted by atomic mass is 19.4. The van der Waals surface area contributed by atoms with E-state index in [1.807, 2.05) is 115 Å². The van der Waals surface area contributed by atoms with Gasteiger partial charge in [0.2, 0.25) is 0 Å². The largest absolute Gasteiger partial charge is 0.417 e. The molecule has 0 aliphatic rings. The molecule has 502 valence electrons. The Morgan fingerprint density at radius 1 is 0.226 bits per heavy atom. The van der Waals surface area contributed by atoms with Crippen LogP contribution in [0.2, 0.25) is 0 Å². The number of fused-ring (bicyclic) bond motifs is 18. The van der Waals surface area contributed by atoms with E-state index in [9.17, 15) is 5.26 Å². The Labute approximate surface area is 599 Å². The van der Waals surface area contributed by atoms with Crippen molar-refractivity contribution in [1.29, 1.82) is 5.26 Å². The van der Waals surface area contributed by atoms with Gasteiger partial charge in [0.05, 0.1) is 100 Å². The molecule has 0 aliphatic heterocycles. The summed E-state index contributed by atoms with van der Waals surface area (Å²) in [7, 11) is 0. The quantitative estimate of drug-likeness (QED) is 0.140. The average molecular weight is 1380 g/mol. The number of rotatable bonds is 8. The van der Waals surface area contributed by atoms with Crippen molar-refractivity contribution in [3.63, 3.8) is 0 Å². The monoisotopic (exact) mass is 1380 g/mol. The van der Waals surface area contributed by atoms with E-state index in [1.54, 1.807) is 18.2 Å². The minimum absolute atomic E-state index is 0.123. The molecule has 0 unspecified atom stereocenters. The highest BCUT2D eigenvalue weighted by Gasteiger charge is 2.41. The second-order valence-electron chi connectivity index (χ2n) is 27.2. The summed E-state index contributed by atoms with van der Waals surface area (Å²) in [6.07, 6.45) is -10.4. The maximum atomic E-state index is 15.8. The van der Waals surface area contributed by atoms with E-state index < -0.39 is 29.0 Å². The second kappa shape index (κ2) is 22.6. The van der Waals surface area contributed by atoms with Crippen LogP contribution in [-0.2, 0) is 12.4 Å². The summed E-state index contributed by atoms with van der Waals surface area (Å²) in [5.41, 5.74) is 11.4. The van der Waals surface area contributed by atoms with Crippen LogP contribution in [0, 0.1) is 11.3 Å². The molecule has 0 aliphatic carbocycles. The Morgan fingerprint density at radius 3 is 0.792 bits per heavy atom. The second-order valence-corrected chi connectivity index (χ2v) is 27.2. The van der Waals surface area contributed by atoms with Crippen LogP contribution in [0.25, 0.3) is 187 Å². The van der Waals surface area contributed by atoms with E-state index >= 15 is 26.3 Å². The van der Waals surface area contributed by atoms with Gasteiger partial charge in [-0.15, -0.1) is 0 Å². The molecule has 6 heterocycles. The molecule has 21 aromatic rings. The highest BCUT2D eigenvalue weighted by Crippen LogP contribution is 2.50. The number of hydrogen-bond acceptors (Lipinski definition) is 1. The maximum absolute atomic E-state index is 15.8. The minimum atomic E-state index is -5.22. The van der Waals surface area contributed by atoms with Crippen LogP contribution in [0.15, 0.2) is 322 Å². The fourth-order valence-electron chi connectivity index (χ4n) is 17.4. The van der Waals surface area contributed by atoms with Crippen LogP contribution in [-0.4, -0.2) is 27.4 Å². The lowest BCUT2D eigenvalue weighted by atomic mass is 9.89. The molecule has 106 heavy (non-hydrogen) atoms. The van der Waals surface area contributed by atoms with Crippen LogP contribution >= 0.6 is 0 Å². The van der Waals surface area contributed by atoms with Gasteiger partial charge in [0, 0.05) is 104 Å². The van der Waals surface area contributed by atoms with Crippen molar-refractivity contribution in [2.75, 3.05) is 0 Å². The summed E-state index contributed by atoms with van der Waals surface area (Å²) in [5.74, 6) is 0. The van der Waals surface area contributed by atoms with Crippen molar-refractivity contribution < 1.29 is 26.3 Å². The van der Waals surface area contributed by atoms with Crippen LogP contribution in [0.5, 0.6) is 0 Å². The number of nitrogens with zero attached hydrogens (tertiary/aromatic N) is 7. The zero-order valence-corrected chi connectivity index (χ0v) is 56.0. The molecule has 0 fully saturated rings. The molecule has 0 N–H and O–H groups in total. The van der Waals surface area contributed by atoms with Gasteiger partial charge in [0.25, 0.3) is 0 Å². The summed E-state index contributed by atoms with van der Waals surface area (Å²) in [6.45, 7) is 0. The molecule has 0 amide bonds. The third-order valence-electron chi connectivity index (χ3n) is 21.7. The van der Waals surface area contributed by atoms with Crippen LogP contribution in [0.4, 0.5) is 26.3 Å². The van der Waals surface area contributed by atoms with Gasteiger partial charge in [-0.25, -0.2) is 0 Å². The lowest BCUT2D eigenvalue weighted by Gasteiger charge is -2.23. The lowest BCUT2D eigenvalue weighted by molar-refractivity contribution is -0.142. The van der Waals surface area contributed by atoms with Gasteiger partial charge in [0.1, 0.15) is 0 Å². The molecule has 0 spiro atoms. The lowest BCUT2D eigenvalue weighted by Crippen LogP contribution is -2.14. The molecule has 0 bridgehead atoms. The third kappa shape index (κ3) is 8.82. The number of benzene rings is 15. The fraction of sp³-hybridized carbons (Fsp3) is 0.0215. The fourth-order valence-corrected chi connectivity index (χ4v) is 17.4. The van der Waals surface area contributed by atoms with Gasteiger partial charge < -0.3 is 27.4 Å². The third-order valence-corrected chi connectivity index (χ3v) is 21.7. The summed E-state index contributed by atoms with van der Waals surface area (Å²) >= 11 is 0. The molecular weight excluding hydrogens is 1330 g/mol. The van der Waals surface area contributed by atoms with E-state index in [1.165, 1.54) is 12.1 Å². The molecule has 13 heteroatoms. The normalized spacial score (nSPS) is 12.4. The number of alkyl halides is 6. The molecule has 0 saturated heterocycles. The molecule has 0 atom stereocenters. The van der Waals surface area contributed by atoms with E-state index in [4.69, 9.17) is 0 Å². The standard InChI is InChI=1S/C93H53F6N7/c94-92(95,96)74-28-18-29-75(93(97,98)99)91(74)55-39-44-88(105-84-45-40-57(101-76-30-9-1-20-61(76)62-21-2-10-31-77(62)101)50-69(84)70-51-58(41-46-85(70)105)102-78-32-11-3-22-63(78)64-23-4-12-33-79(64)102)73(49-55)90-56(54-100)19-17-38-89(90)106-86-47-42-59(103-80-34-13-5-24-65(80)66-25-6-14-35-81(66)103)52-71(86)72-53-60(43-48-87(72)106)104-82-36-15-7-26-67(82)68-27-8-16-37-83(68)104/h1-53H. The Hall–Kier alpha value is -13.8. The maximum Gasteiger partial charge on any atom is 0.417 e. The predicted molar refractivity (Wildman–Crippen MR) is 418 cm³/mol. The van der Waals surface area contributed by atoms with E-state index in [-0.39, 0.29) is 22.3 Å². The Balaban J connectivity index is 0.881. The van der Waals surface area contributed by atoms with Crippen molar-refractivity contribution in [1.82, 2.24) is 27.4 Å². The van der Waals surface area contributed by atoms with Gasteiger partial charge in [-0.2, -0.15) is 31.6 Å². The first-order valence-electron chi connectivity index (χ1n) is 34.9. The number of nitriles is 1. The van der Waals surface area contributed by atoms with Crippen LogP contribution in [0.1, 0.15) is 16.7 Å². The molecule has 0 radical (unpaired) electrons. The first-order valence-corrected chi connectivity index (χ1v) is 34.9. The van der Waals surface area contributed by atoms with Gasteiger partial charge >= 0.3 is 12.4 Å².